The van der Waals surface area contributed by atoms with E-state index in [0.29, 0.717) is 17.5 Å². The predicted molar refractivity (Wildman–Crippen MR) is 92.5 cm³/mol. The van der Waals surface area contributed by atoms with Gasteiger partial charge in [-0.3, -0.25) is 0 Å². The Balaban J connectivity index is 1.44. The molecule has 1 saturated heterocycles. The standard InChI is InChI=1S/C19H26ClF2NO/c20-17-11-15(21)12-18(22)19(17)14-3-1-13(2-4-14)5-8-23-16-6-9-24-10-7-16/h11-14,16,23H,1-10H2/t13-,14+. The van der Waals surface area contributed by atoms with Gasteiger partial charge in [-0.1, -0.05) is 11.6 Å². The number of hydrogen-bond acceptors (Lipinski definition) is 2. The lowest BCUT2D eigenvalue weighted by atomic mass is 9.77. The van der Waals surface area contributed by atoms with Crippen LogP contribution in [0.5, 0.6) is 0 Å². The van der Waals surface area contributed by atoms with E-state index in [0.717, 1.165) is 64.3 Å². The average Bonchev–Trinajstić information content (AvgIpc) is 2.56. The number of hydrogen-bond donors (Lipinski definition) is 1. The van der Waals surface area contributed by atoms with Crippen LogP contribution in [-0.4, -0.2) is 25.8 Å². The second-order valence-corrected chi connectivity index (χ2v) is 7.54. The Kier molecular flexibility index (Phi) is 6.48. The highest BCUT2D eigenvalue weighted by atomic mass is 35.5. The smallest absolute Gasteiger partial charge is 0.131 e. The molecule has 1 aliphatic carbocycles. The summed E-state index contributed by atoms with van der Waals surface area (Å²) >= 11 is 6.07. The highest BCUT2D eigenvalue weighted by molar-refractivity contribution is 6.31. The zero-order valence-electron chi connectivity index (χ0n) is 14.0. The molecule has 1 aromatic rings. The Morgan fingerprint density at radius 3 is 2.42 bits per heavy atom. The van der Waals surface area contributed by atoms with Gasteiger partial charge in [-0.25, -0.2) is 8.78 Å². The Bertz CT molecular complexity index is 517. The largest absolute Gasteiger partial charge is 0.381 e. The SMILES string of the molecule is Fc1cc(F)c([C@H]2CC[C@@H](CCNC3CCOCC3)CC2)c(Cl)c1. The number of rotatable bonds is 5. The second kappa shape index (κ2) is 8.59. The van der Waals surface area contributed by atoms with Crippen molar-refractivity contribution in [2.24, 2.45) is 5.92 Å². The Morgan fingerprint density at radius 2 is 1.75 bits per heavy atom. The molecule has 1 aliphatic heterocycles. The van der Waals surface area contributed by atoms with Gasteiger partial charge in [0.2, 0.25) is 0 Å². The predicted octanol–water partition coefficient (Wildman–Crippen LogP) is 5.05. The van der Waals surface area contributed by atoms with E-state index in [1.54, 1.807) is 0 Å². The lowest BCUT2D eigenvalue weighted by Crippen LogP contribution is -2.36. The van der Waals surface area contributed by atoms with Crippen molar-refractivity contribution in [3.05, 3.63) is 34.4 Å². The maximum atomic E-state index is 14.1. The van der Waals surface area contributed by atoms with Crippen molar-refractivity contribution in [1.29, 1.82) is 0 Å². The summed E-state index contributed by atoms with van der Waals surface area (Å²) in [6.45, 7) is 2.78. The van der Waals surface area contributed by atoms with Crippen LogP contribution < -0.4 is 5.32 Å². The highest BCUT2D eigenvalue weighted by Gasteiger charge is 2.26. The van der Waals surface area contributed by atoms with Crippen molar-refractivity contribution < 1.29 is 13.5 Å². The van der Waals surface area contributed by atoms with Crippen LogP contribution in [0.1, 0.15) is 56.4 Å². The van der Waals surface area contributed by atoms with E-state index >= 15 is 0 Å². The van der Waals surface area contributed by atoms with Crippen LogP contribution in [0.15, 0.2) is 12.1 Å². The number of nitrogens with one attached hydrogen (secondary N) is 1. The monoisotopic (exact) mass is 357 g/mol. The van der Waals surface area contributed by atoms with E-state index in [1.807, 2.05) is 0 Å². The van der Waals surface area contributed by atoms with Crippen molar-refractivity contribution >= 4 is 11.6 Å². The van der Waals surface area contributed by atoms with E-state index in [2.05, 4.69) is 5.32 Å². The zero-order chi connectivity index (χ0) is 16.9. The fourth-order valence-electron chi connectivity index (χ4n) is 4.08. The molecular weight excluding hydrogens is 332 g/mol. The summed E-state index contributed by atoms with van der Waals surface area (Å²) in [5.74, 6) is -0.285. The number of halogens is 3. The molecule has 3 rings (SSSR count). The average molecular weight is 358 g/mol. The highest BCUT2D eigenvalue weighted by Crippen LogP contribution is 2.40. The third-order valence-electron chi connectivity index (χ3n) is 5.51. The van der Waals surface area contributed by atoms with Crippen LogP contribution in [0.3, 0.4) is 0 Å². The fourth-order valence-corrected chi connectivity index (χ4v) is 4.43. The second-order valence-electron chi connectivity index (χ2n) is 7.13. The molecule has 1 heterocycles. The van der Waals surface area contributed by atoms with Gasteiger partial charge < -0.3 is 10.1 Å². The van der Waals surface area contributed by atoms with Crippen LogP contribution in [0.2, 0.25) is 5.02 Å². The molecule has 24 heavy (non-hydrogen) atoms. The van der Waals surface area contributed by atoms with Gasteiger partial charge in [-0.2, -0.15) is 0 Å². The molecule has 5 heteroatoms. The summed E-state index contributed by atoms with van der Waals surface area (Å²) in [4.78, 5) is 0. The van der Waals surface area contributed by atoms with E-state index in [-0.39, 0.29) is 10.9 Å². The summed E-state index contributed by atoms with van der Waals surface area (Å²) in [5.41, 5.74) is 0.511. The summed E-state index contributed by atoms with van der Waals surface area (Å²) in [6.07, 6.45) is 7.43. The zero-order valence-corrected chi connectivity index (χ0v) is 14.8. The first kappa shape index (κ1) is 18.1. The Hall–Kier alpha value is -0.710. The van der Waals surface area contributed by atoms with Gasteiger partial charge in [-0.15, -0.1) is 0 Å². The van der Waals surface area contributed by atoms with Gasteiger partial charge in [0.1, 0.15) is 11.6 Å². The molecular formula is C19H26ClF2NO. The van der Waals surface area contributed by atoms with E-state index < -0.39 is 11.6 Å². The van der Waals surface area contributed by atoms with Gasteiger partial charge in [-0.05, 0) is 69.4 Å². The third-order valence-corrected chi connectivity index (χ3v) is 5.82. The summed E-state index contributed by atoms with van der Waals surface area (Å²) in [5, 5.41) is 3.87. The van der Waals surface area contributed by atoms with Crippen LogP contribution in [0.4, 0.5) is 8.78 Å². The van der Waals surface area contributed by atoms with Crippen LogP contribution in [0, 0.1) is 17.6 Å². The van der Waals surface area contributed by atoms with Gasteiger partial charge >= 0.3 is 0 Å². The van der Waals surface area contributed by atoms with Crippen LogP contribution in [-0.2, 0) is 4.74 Å². The molecule has 2 nitrogen and oxygen atoms in total. The Morgan fingerprint density at radius 1 is 1.04 bits per heavy atom. The lowest BCUT2D eigenvalue weighted by Gasteiger charge is -2.30. The molecule has 2 aliphatic rings. The van der Waals surface area contributed by atoms with E-state index in [4.69, 9.17) is 16.3 Å². The van der Waals surface area contributed by atoms with Crippen molar-refractivity contribution in [2.75, 3.05) is 19.8 Å². The van der Waals surface area contributed by atoms with Gasteiger partial charge in [0.25, 0.3) is 0 Å². The fraction of sp³-hybridized carbons (Fsp3) is 0.684. The molecule has 1 aromatic carbocycles. The minimum absolute atomic E-state index is 0.123. The Labute approximate surface area is 147 Å². The molecule has 2 fully saturated rings. The van der Waals surface area contributed by atoms with Crippen molar-refractivity contribution in [3.63, 3.8) is 0 Å². The van der Waals surface area contributed by atoms with Gasteiger partial charge in [0.05, 0.1) is 0 Å². The quantitative estimate of drug-likeness (QED) is 0.796. The topological polar surface area (TPSA) is 21.3 Å². The molecule has 134 valence electrons. The third kappa shape index (κ3) is 4.68. The maximum absolute atomic E-state index is 14.1. The molecule has 0 unspecified atom stereocenters. The van der Waals surface area contributed by atoms with Gasteiger partial charge in [0, 0.05) is 35.9 Å². The van der Waals surface area contributed by atoms with E-state index in [9.17, 15) is 8.78 Å². The molecule has 0 atom stereocenters. The lowest BCUT2D eigenvalue weighted by molar-refractivity contribution is 0.0775. The first-order valence-corrected chi connectivity index (χ1v) is 9.47. The molecule has 0 aromatic heterocycles. The van der Waals surface area contributed by atoms with Gasteiger partial charge in [0.15, 0.2) is 0 Å². The minimum Gasteiger partial charge on any atom is -0.381 e. The summed E-state index contributed by atoms with van der Waals surface area (Å²) < 4.78 is 32.6. The summed E-state index contributed by atoms with van der Waals surface area (Å²) in [7, 11) is 0. The molecule has 1 N–H and O–H groups in total. The van der Waals surface area contributed by atoms with Crippen molar-refractivity contribution in [3.8, 4) is 0 Å². The van der Waals surface area contributed by atoms with Crippen LogP contribution in [0.25, 0.3) is 0 Å². The van der Waals surface area contributed by atoms with Crippen molar-refractivity contribution in [2.45, 2.75) is 56.9 Å². The first-order valence-electron chi connectivity index (χ1n) is 9.09. The number of benzene rings is 1. The van der Waals surface area contributed by atoms with Crippen molar-refractivity contribution in [1.82, 2.24) is 5.32 Å². The molecule has 0 spiro atoms. The molecule has 0 bridgehead atoms. The van der Waals surface area contributed by atoms with Crippen LogP contribution >= 0.6 is 11.6 Å². The minimum atomic E-state index is -0.603. The number of ether oxygens (including phenoxy) is 1. The maximum Gasteiger partial charge on any atom is 0.131 e. The summed E-state index contributed by atoms with van der Waals surface area (Å²) in [6, 6.07) is 2.77. The first-order chi connectivity index (χ1) is 11.6. The molecule has 0 amide bonds. The molecule has 0 radical (unpaired) electrons. The molecule has 1 saturated carbocycles. The van der Waals surface area contributed by atoms with E-state index in [1.165, 1.54) is 12.5 Å². The normalized spacial score (nSPS) is 25.8.